The van der Waals surface area contributed by atoms with Crippen LogP contribution in [0, 0.1) is 13.8 Å². The van der Waals surface area contributed by atoms with Crippen molar-refractivity contribution in [2.75, 3.05) is 5.32 Å². The summed E-state index contributed by atoms with van der Waals surface area (Å²) in [6, 6.07) is 9.93. The van der Waals surface area contributed by atoms with Crippen molar-refractivity contribution in [2.45, 2.75) is 39.3 Å². The van der Waals surface area contributed by atoms with Crippen LogP contribution in [-0.2, 0) is 6.54 Å². The minimum absolute atomic E-state index is 0.0233. The highest BCUT2D eigenvalue weighted by Gasteiger charge is 2.25. The minimum Gasteiger partial charge on any atom is -0.364 e. The van der Waals surface area contributed by atoms with Crippen LogP contribution in [0.2, 0.25) is 0 Å². The zero-order valence-corrected chi connectivity index (χ0v) is 15.1. The van der Waals surface area contributed by atoms with Crippen molar-refractivity contribution in [1.82, 2.24) is 15.3 Å². The Labute approximate surface area is 150 Å². The van der Waals surface area contributed by atoms with Crippen molar-refractivity contribution < 1.29 is 4.79 Å². The third-order valence-electron chi connectivity index (χ3n) is 4.31. The van der Waals surface area contributed by atoms with Crippen LogP contribution in [0.15, 0.2) is 30.3 Å². The zero-order chi connectivity index (χ0) is 17.4. The number of benzene rings is 1. The van der Waals surface area contributed by atoms with Gasteiger partial charge < -0.3 is 10.6 Å². The first-order valence-electron chi connectivity index (χ1n) is 8.47. The Bertz CT molecular complexity index is 946. The Balaban J connectivity index is 1.64. The average Bonchev–Trinajstić information content (AvgIpc) is 3.35. The van der Waals surface area contributed by atoms with Crippen LogP contribution in [-0.4, -0.2) is 21.9 Å². The third-order valence-corrected chi connectivity index (χ3v) is 5.24. The molecule has 0 radical (unpaired) electrons. The summed E-state index contributed by atoms with van der Waals surface area (Å²) < 4.78 is 0. The molecule has 0 bridgehead atoms. The maximum atomic E-state index is 12.6. The fraction of sp³-hybridized carbons (Fsp3) is 0.316. The molecule has 0 unspecified atom stereocenters. The lowest BCUT2D eigenvalue weighted by atomic mass is 10.1. The van der Waals surface area contributed by atoms with Gasteiger partial charge >= 0.3 is 0 Å². The number of thiazole rings is 1. The molecular formula is C19H20N4OS. The molecule has 4 rings (SSSR count). The quantitative estimate of drug-likeness (QED) is 0.733. The average molecular weight is 352 g/mol. The van der Waals surface area contributed by atoms with Crippen molar-refractivity contribution in [3.63, 3.8) is 0 Å². The van der Waals surface area contributed by atoms with E-state index in [0.29, 0.717) is 24.0 Å². The van der Waals surface area contributed by atoms with Gasteiger partial charge in [0.25, 0.3) is 5.91 Å². The summed E-state index contributed by atoms with van der Waals surface area (Å²) in [6.45, 7) is 4.69. The number of hydrogen-bond donors (Lipinski definition) is 2. The largest absolute Gasteiger partial charge is 0.364 e. The molecule has 1 aliphatic rings. The number of aromatic nitrogens is 2. The normalized spacial score (nSPS) is 13.8. The van der Waals surface area contributed by atoms with Gasteiger partial charge in [-0.2, -0.15) is 0 Å². The van der Waals surface area contributed by atoms with E-state index in [1.54, 1.807) is 11.3 Å². The standard InChI is InChI=1S/C19H20N4OS/c1-11-17(21-12(2)25-11)10-20-18-9-15(19(24)22-13-7-8-13)14-5-3-4-6-16(14)23-18/h3-6,9,13H,7-8,10H2,1-2H3,(H,20,23)(H,22,24). The molecule has 2 heterocycles. The van der Waals surface area contributed by atoms with Gasteiger partial charge in [-0.1, -0.05) is 18.2 Å². The van der Waals surface area contributed by atoms with Gasteiger partial charge in [-0.25, -0.2) is 9.97 Å². The van der Waals surface area contributed by atoms with E-state index in [0.717, 1.165) is 34.4 Å². The van der Waals surface area contributed by atoms with Gasteiger partial charge in [0.05, 0.1) is 28.3 Å². The summed E-state index contributed by atoms with van der Waals surface area (Å²) >= 11 is 1.69. The molecule has 0 saturated heterocycles. The van der Waals surface area contributed by atoms with Crippen molar-refractivity contribution >= 4 is 34.0 Å². The molecule has 0 atom stereocenters. The van der Waals surface area contributed by atoms with Gasteiger partial charge in [-0.3, -0.25) is 4.79 Å². The summed E-state index contributed by atoms with van der Waals surface area (Å²) in [6.07, 6.45) is 2.14. The number of carbonyl (C=O) groups excluding carboxylic acids is 1. The first-order valence-corrected chi connectivity index (χ1v) is 9.29. The van der Waals surface area contributed by atoms with E-state index >= 15 is 0 Å². The second-order valence-electron chi connectivity index (χ2n) is 6.41. The topological polar surface area (TPSA) is 66.9 Å². The summed E-state index contributed by atoms with van der Waals surface area (Å²) in [5.41, 5.74) is 2.52. The van der Waals surface area contributed by atoms with Gasteiger partial charge in [0, 0.05) is 16.3 Å². The molecule has 1 aliphatic carbocycles. The predicted octanol–water partition coefficient (Wildman–Crippen LogP) is 3.81. The number of para-hydroxylation sites is 1. The Morgan fingerprint density at radius 3 is 2.76 bits per heavy atom. The first kappa shape index (κ1) is 16.0. The number of pyridine rings is 1. The van der Waals surface area contributed by atoms with Crippen LogP contribution in [0.5, 0.6) is 0 Å². The van der Waals surface area contributed by atoms with E-state index in [1.165, 1.54) is 4.88 Å². The Morgan fingerprint density at radius 2 is 2.04 bits per heavy atom. The van der Waals surface area contributed by atoms with Crippen molar-refractivity contribution in [3.8, 4) is 0 Å². The summed E-state index contributed by atoms with van der Waals surface area (Å²) in [5, 5.41) is 8.34. The van der Waals surface area contributed by atoms with Crippen LogP contribution < -0.4 is 10.6 Å². The first-order chi connectivity index (χ1) is 12.1. The fourth-order valence-electron chi connectivity index (χ4n) is 2.85. The van der Waals surface area contributed by atoms with Crippen LogP contribution >= 0.6 is 11.3 Å². The highest BCUT2D eigenvalue weighted by molar-refractivity contribution is 7.11. The van der Waals surface area contributed by atoms with Gasteiger partial charge in [0.1, 0.15) is 5.82 Å². The number of carbonyl (C=O) groups is 1. The Kier molecular flexibility index (Phi) is 4.13. The molecule has 1 aromatic carbocycles. The lowest BCUT2D eigenvalue weighted by molar-refractivity contribution is 0.0952. The summed E-state index contributed by atoms with van der Waals surface area (Å²) in [7, 11) is 0. The van der Waals surface area contributed by atoms with Gasteiger partial charge in [-0.15, -0.1) is 11.3 Å². The van der Waals surface area contributed by atoms with Crippen molar-refractivity contribution in [1.29, 1.82) is 0 Å². The van der Waals surface area contributed by atoms with E-state index in [-0.39, 0.29) is 5.91 Å². The Morgan fingerprint density at radius 1 is 1.24 bits per heavy atom. The molecule has 0 spiro atoms. The molecule has 0 aliphatic heterocycles. The molecule has 128 valence electrons. The lowest BCUT2D eigenvalue weighted by Gasteiger charge is -2.11. The fourth-order valence-corrected chi connectivity index (χ4v) is 3.69. The molecular weight excluding hydrogens is 332 g/mol. The monoisotopic (exact) mass is 352 g/mol. The van der Waals surface area contributed by atoms with Crippen LogP contribution in [0.1, 0.15) is 38.8 Å². The second kappa shape index (κ2) is 6.44. The highest BCUT2D eigenvalue weighted by atomic mass is 32.1. The Hall–Kier alpha value is -2.47. The number of fused-ring (bicyclic) bond motifs is 1. The predicted molar refractivity (Wildman–Crippen MR) is 101 cm³/mol. The number of rotatable bonds is 5. The molecule has 3 aromatic rings. The maximum absolute atomic E-state index is 12.6. The molecule has 5 nitrogen and oxygen atoms in total. The van der Waals surface area contributed by atoms with E-state index in [2.05, 4.69) is 27.5 Å². The number of nitrogens with zero attached hydrogens (tertiary/aromatic N) is 2. The van der Waals surface area contributed by atoms with Gasteiger partial charge in [0.2, 0.25) is 0 Å². The zero-order valence-electron chi connectivity index (χ0n) is 14.3. The molecule has 25 heavy (non-hydrogen) atoms. The van der Waals surface area contributed by atoms with Gasteiger partial charge in [0.15, 0.2) is 0 Å². The van der Waals surface area contributed by atoms with Gasteiger partial charge in [-0.05, 0) is 38.8 Å². The second-order valence-corrected chi connectivity index (χ2v) is 7.82. The van der Waals surface area contributed by atoms with E-state index in [1.807, 2.05) is 37.3 Å². The number of anilines is 1. The number of nitrogens with one attached hydrogen (secondary N) is 2. The molecule has 1 saturated carbocycles. The van der Waals surface area contributed by atoms with E-state index < -0.39 is 0 Å². The van der Waals surface area contributed by atoms with Crippen LogP contribution in [0.25, 0.3) is 10.9 Å². The molecule has 1 fully saturated rings. The lowest BCUT2D eigenvalue weighted by Crippen LogP contribution is -2.25. The summed E-state index contributed by atoms with van der Waals surface area (Å²) in [4.78, 5) is 23.0. The smallest absolute Gasteiger partial charge is 0.252 e. The number of aryl methyl sites for hydroxylation is 2. The number of hydrogen-bond acceptors (Lipinski definition) is 5. The number of amides is 1. The van der Waals surface area contributed by atoms with E-state index in [4.69, 9.17) is 0 Å². The highest BCUT2D eigenvalue weighted by Crippen LogP contribution is 2.24. The minimum atomic E-state index is -0.0233. The third kappa shape index (κ3) is 3.49. The molecule has 1 amide bonds. The SMILES string of the molecule is Cc1nc(CNc2cc(C(=O)NC3CC3)c3ccccc3n2)c(C)s1. The van der Waals surface area contributed by atoms with Crippen molar-refractivity contribution in [2.24, 2.45) is 0 Å². The van der Waals surface area contributed by atoms with Crippen molar-refractivity contribution in [3.05, 3.63) is 51.5 Å². The molecule has 6 heteroatoms. The summed E-state index contributed by atoms with van der Waals surface area (Å²) in [5.74, 6) is 0.675. The maximum Gasteiger partial charge on any atom is 0.252 e. The van der Waals surface area contributed by atoms with Crippen LogP contribution in [0.4, 0.5) is 5.82 Å². The molecule has 2 aromatic heterocycles. The van der Waals surface area contributed by atoms with Crippen LogP contribution in [0.3, 0.4) is 0 Å². The van der Waals surface area contributed by atoms with E-state index in [9.17, 15) is 4.79 Å². The molecule has 2 N–H and O–H groups in total.